The Hall–Kier alpha value is -2.74. The maximum absolute atomic E-state index is 12.1. The van der Waals surface area contributed by atoms with Crippen molar-refractivity contribution in [3.63, 3.8) is 0 Å². The molecule has 4 amide bonds. The Morgan fingerprint density at radius 1 is 1.18 bits per heavy atom. The summed E-state index contributed by atoms with van der Waals surface area (Å²) in [5, 5.41) is 0. The number of rotatable bonds is 11. The van der Waals surface area contributed by atoms with Crippen LogP contribution in [0.2, 0.25) is 0 Å². The van der Waals surface area contributed by atoms with Crippen molar-refractivity contribution in [1.29, 1.82) is 0 Å². The highest BCUT2D eigenvalue weighted by Crippen LogP contribution is 2.13. The van der Waals surface area contributed by atoms with Gasteiger partial charge >= 0.3 is 0 Å². The van der Waals surface area contributed by atoms with Crippen LogP contribution in [0.4, 0.5) is 0 Å². The number of carbonyl (C=O) groups is 4. The molecular weight excluding hydrogens is 362 g/mol. The summed E-state index contributed by atoms with van der Waals surface area (Å²) in [6.45, 7) is 1.96. The first-order chi connectivity index (χ1) is 13.4. The Balaban J connectivity index is 1.70. The largest absolute Gasteiger partial charge is 0.372 e. The molecule has 0 spiro atoms. The van der Waals surface area contributed by atoms with Gasteiger partial charge in [0.05, 0.1) is 6.42 Å². The quantitative estimate of drug-likeness (QED) is 0.311. The van der Waals surface area contributed by atoms with Crippen LogP contribution in [0.5, 0.6) is 0 Å². The van der Waals surface area contributed by atoms with E-state index < -0.39 is 0 Å². The van der Waals surface area contributed by atoms with Gasteiger partial charge in [-0.2, -0.15) is 0 Å². The number of amides is 4. The normalized spacial score (nSPS) is 13.1. The van der Waals surface area contributed by atoms with E-state index in [4.69, 9.17) is 4.74 Å². The van der Waals surface area contributed by atoms with Gasteiger partial charge in [-0.25, -0.2) is 0 Å². The van der Waals surface area contributed by atoms with Crippen LogP contribution < -0.4 is 0 Å². The van der Waals surface area contributed by atoms with E-state index >= 15 is 0 Å². The molecule has 1 aliphatic rings. The van der Waals surface area contributed by atoms with Crippen molar-refractivity contribution in [2.24, 2.45) is 0 Å². The SMILES string of the molecule is CN(C=O)CCCOCC(=O)N(C)Cc1ccc(CC(=O)N2CCC2=O)cc1. The second kappa shape index (κ2) is 10.6. The molecule has 1 heterocycles. The Labute approximate surface area is 165 Å². The van der Waals surface area contributed by atoms with E-state index in [9.17, 15) is 19.2 Å². The minimum atomic E-state index is -0.173. The topological polar surface area (TPSA) is 87.2 Å². The second-order valence-electron chi connectivity index (χ2n) is 6.92. The summed E-state index contributed by atoms with van der Waals surface area (Å²) < 4.78 is 5.36. The van der Waals surface area contributed by atoms with Crippen LogP contribution >= 0.6 is 0 Å². The van der Waals surface area contributed by atoms with Crippen molar-refractivity contribution in [1.82, 2.24) is 14.7 Å². The fraction of sp³-hybridized carbons (Fsp3) is 0.500. The van der Waals surface area contributed by atoms with Crippen LogP contribution in [0.1, 0.15) is 24.0 Å². The second-order valence-corrected chi connectivity index (χ2v) is 6.92. The molecule has 0 N–H and O–H groups in total. The molecule has 0 unspecified atom stereocenters. The third-order valence-corrected chi connectivity index (χ3v) is 4.58. The molecule has 0 saturated carbocycles. The number of likely N-dealkylation sites (N-methyl/N-ethyl adjacent to an activating group) is 1. The van der Waals surface area contributed by atoms with Crippen LogP contribution in [-0.2, 0) is 36.9 Å². The molecule has 0 bridgehead atoms. The Kier molecular flexibility index (Phi) is 8.13. The highest BCUT2D eigenvalue weighted by Gasteiger charge is 2.29. The molecule has 0 atom stereocenters. The molecule has 0 aliphatic carbocycles. The lowest BCUT2D eigenvalue weighted by Crippen LogP contribution is -2.48. The number of carbonyl (C=O) groups excluding carboxylic acids is 4. The smallest absolute Gasteiger partial charge is 0.248 e. The molecule has 8 nitrogen and oxygen atoms in total. The van der Waals surface area contributed by atoms with Crippen molar-refractivity contribution in [2.45, 2.75) is 25.8 Å². The van der Waals surface area contributed by atoms with Crippen molar-refractivity contribution in [2.75, 3.05) is 40.4 Å². The highest BCUT2D eigenvalue weighted by atomic mass is 16.5. The zero-order chi connectivity index (χ0) is 20.5. The highest BCUT2D eigenvalue weighted by molar-refractivity contribution is 6.00. The van der Waals surface area contributed by atoms with E-state index in [1.165, 1.54) is 9.80 Å². The molecule has 1 aliphatic heterocycles. The number of hydrogen-bond donors (Lipinski definition) is 0. The van der Waals surface area contributed by atoms with Gasteiger partial charge in [-0.3, -0.25) is 24.1 Å². The van der Waals surface area contributed by atoms with Crippen molar-refractivity contribution in [3.8, 4) is 0 Å². The van der Waals surface area contributed by atoms with Crippen molar-refractivity contribution < 1.29 is 23.9 Å². The molecule has 0 radical (unpaired) electrons. The van der Waals surface area contributed by atoms with Gasteiger partial charge in [0.2, 0.25) is 24.1 Å². The monoisotopic (exact) mass is 389 g/mol. The number of β-lactam (4-membered cyclic amide) rings is 1. The molecule has 1 saturated heterocycles. The van der Waals surface area contributed by atoms with Gasteiger partial charge < -0.3 is 14.5 Å². The standard InChI is InChI=1S/C20H27N3O5/c1-21(15-24)9-3-11-28-14-20(27)22(2)13-17-6-4-16(5-7-17)12-19(26)23-10-8-18(23)25/h4-7,15H,3,8-14H2,1-2H3. The summed E-state index contributed by atoms with van der Waals surface area (Å²) in [7, 11) is 3.40. The molecule has 152 valence electrons. The zero-order valence-electron chi connectivity index (χ0n) is 16.4. The Morgan fingerprint density at radius 3 is 2.43 bits per heavy atom. The molecule has 0 aromatic heterocycles. The fourth-order valence-corrected chi connectivity index (χ4v) is 2.71. The average Bonchev–Trinajstić information content (AvgIpc) is 2.67. The maximum atomic E-state index is 12.1. The van der Waals surface area contributed by atoms with E-state index in [1.54, 1.807) is 19.0 Å². The maximum Gasteiger partial charge on any atom is 0.248 e. The third kappa shape index (κ3) is 6.45. The molecule has 8 heteroatoms. The number of hydrogen-bond acceptors (Lipinski definition) is 5. The Bertz CT molecular complexity index is 704. The zero-order valence-corrected chi connectivity index (χ0v) is 16.4. The summed E-state index contributed by atoms with van der Waals surface area (Å²) in [5.74, 6) is -0.410. The number of likely N-dealkylation sites (tertiary alicyclic amines) is 1. The molecular formula is C20H27N3O5. The van der Waals surface area contributed by atoms with Crippen LogP contribution in [0.15, 0.2) is 24.3 Å². The first-order valence-corrected chi connectivity index (χ1v) is 9.29. The van der Waals surface area contributed by atoms with Gasteiger partial charge in [-0.05, 0) is 17.5 Å². The molecule has 1 aromatic carbocycles. The van der Waals surface area contributed by atoms with Gasteiger partial charge in [0, 0.05) is 46.8 Å². The molecule has 2 rings (SSSR count). The van der Waals surface area contributed by atoms with Gasteiger partial charge in [0.15, 0.2) is 0 Å². The lowest BCUT2D eigenvalue weighted by Gasteiger charge is -2.28. The number of imide groups is 1. The minimum Gasteiger partial charge on any atom is -0.372 e. The first-order valence-electron chi connectivity index (χ1n) is 9.29. The number of benzene rings is 1. The van der Waals surface area contributed by atoms with E-state index in [-0.39, 0.29) is 30.7 Å². The van der Waals surface area contributed by atoms with Gasteiger partial charge in [0.25, 0.3) is 0 Å². The van der Waals surface area contributed by atoms with E-state index in [0.717, 1.165) is 17.5 Å². The predicted molar refractivity (Wildman–Crippen MR) is 102 cm³/mol. The summed E-state index contributed by atoms with van der Waals surface area (Å²) >= 11 is 0. The number of ether oxygens (including phenoxy) is 1. The summed E-state index contributed by atoms with van der Waals surface area (Å²) in [6.07, 6.45) is 2.08. The third-order valence-electron chi connectivity index (χ3n) is 4.58. The number of nitrogens with zero attached hydrogens (tertiary/aromatic N) is 3. The van der Waals surface area contributed by atoms with Crippen molar-refractivity contribution >= 4 is 24.1 Å². The van der Waals surface area contributed by atoms with Gasteiger partial charge in [-0.15, -0.1) is 0 Å². The average molecular weight is 389 g/mol. The van der Waals surface area contributed by atoms with Gasteiger partial charge in [0.1, 0.15) is 6.61 Å². The van der Waals surface area contributed by atoms with E-state index in [1.807, 2.05) is 24.3 Å². The van der Waals surface area contributed by atoms with Crippen LogP contribution in [0, 0.1) is 0 Å². The summed E-state index contributed by atoms with van der Waals surface area (Å²) in [6, 6.07) is 7.44. The summed E-state index contributed by atoms with van der Waals surface area (Å²) in [5.41, 5.74) is 1.78. The predicted octanol–water partition coefficient (Wildman–Crippen LogP) is 0.441. The lowest BCUT2D eigenvalue weighted by atomic mass is 10.1. The molecule has 28 heavy (non-hydrogen) atoms. The summed E-state index contributed by atoms with van der Waals surface area (Å²) in [4.78, 5) is 50.2. The first kappa shape index (κ1) is 21.6. The van der Waals surface area contributed by atoms with E-state index in [0.29, 0.717) is 39.1 Å². The van der Waals surface area contributed by atoms with Gasteiger partial charge in [-0.1, -0.05) is 24.3 Å². The lowest BCUT2D eigenvalue weighted by molar-refractivity contribution is -0.151. The molecule has 1 aromatic rings. The van der Waals surface area contributed by atoms with E-state index in [2.05, 4.69) is 0 Å². The van der Waals surface area contributed by atoms with Crippen LogP contribution in [-0.4, -0.2) is 79.2 Å². The molecule has 1 fully saturated rings. The fourth-order valence-electron chi connectivity index (χ4n) is 2.71. The van der Waals surface area contributed by atoms with Crippen LogP contribution in [0.25, 0.3) is 0 Å². The Morgan fingerprint density at radius 2 is 1.86 bits per heavy atom. The van der Waals surface area contributed by atoms with Crippen molar-refractivity contribution in [3.05, 3.63) is 35.4 Å². The minimum absolute atomic E-state index is 0.00223. The van der Waals surface area contributed by atoms with Crippen LogP contribution in [0.3, 0.4) is 0 Å².